The van der Waals surface area contributed by atoms with Crippen molar-refractivity contribution in [3.8, 4) is 11.5 Å². The molecule has 0 amide bonds. The van der Waals surface area contributed by atoms with Gasteiger partial charge in [-0.1, -0.05) is 24.3 Å². The largest absolute Gasteiger partial charge is 0.508 e. The number of fused-ring (bicyclic) bond motifs is 1. The summed E-state index contributed by atoms with van der Waals surface area (Å²) in [6.07, 6.45) is 1.72. The zero-order valence-corrected chi connectivity index (χ0v) is 14.8. The Kier molecular flexibility index (Phi) is 5.43. The van der Waals surface area contributed by atoms with E-state index in [1.807, 2.05) is 12.1 Å². The zero-order chi connectivity index (χ0) is 17.6. The molecule has 0 fully saturated rings. The number of rotatable bonds is 5. The normalized spacial score (nSPS) is 13.7. The average Bonchev–Trinajstić information content (AvgIpc) is 3.06. The van der Waals surface area contributed by atoms with Crippen molar-refractivity contribution in [1.29, 1.82) is 0 Å². The summed E-state index contributed by atoms with van der Waals surface area (Å²) in [5.41, 5.74) is 3.47. The number of nitrogens with one attached hydrogen (secondary N) is 1. The highest BCUT2D eigenvalue weighted by Crippen LogP contribution is 2.27. The Morgan fingerprint density at radius 3 is 2.88 bits per heavy atom. The van der Waals surface area contributed by atoms with Crippen LogP contribution in [0, 0.1) is 0 Å². The summed E-state index contributed by atoms with van der Waals surface area (Å²) in [7, 11) is 1.59. The van der Waals surface area contributed by atoms with Crippen LogP contribution < -0.4 is 15.0 Å². The lowest BCUT2D eigenvalue weighted by Crippen LogP contribution is -2.40. The van der Waals surface area contributed by atoms with Gasteiger partial charge in [-0.3, -0.25) is 4.99 Å². The lowest BCUT2D eigenvalue weighted by molar-refractivity contribution is 0.406. The first-order chi connectivity index (χ1) is 12.2. The monoisotopic (exact) mass is 339 g/mol. The zero-order valence-electron chi connectivity index (χ0n) is 14.8. The van der Waals surface area contributed by atoms with Gasteiger partial charge >= 0.3 is 0 Å². The maximum absolute atomic E-state index is 10.1. The predicted molar refractivity (Wildman–Crippen MR) is 102 cm³/mol. The Hall–Kier alpha value is -2.69. The summed E-state index contributed by atoms with van der Waals surface area (Å²) in [5, 5.41) is 13.5. The minimum atomic E-state index is 0.256. The molecule has 5 nitrogen and oxygen atoms in total. The number of para-hydroxylation sites is 1. The van der Waals surface area contributed by atoms with Crippen LogP contribution in [-0.4, -0.2) is 37.8 Å². The van der Waals surface area contributed by atoms with Crippen LogP contribution in [0.25, 0.3) is 0 Å². The quantitative estimate of drug-likeness (QED) is 0.649. The predicted octanol–water partition coefficient (Wildman–Crippen LogP) is 2.97. The van der Waals surface area contributed by atoms with Gasteiger partial charge in [-0.25, -0.2) is 0 Å². The van der Waals surface area contributed by atoms with Crippen LogP contribution >= 0.6 is 0 Å². The highest BCUT2D eigenvalue weighted by atomic mass is 16.5. The third-order valence-electron chi connectivity index (χ3n) is 4.41. The first kappa shape index (κ1) is 17.1. The lowest BCUT2D eigenvalue weighted by Gasteiger charge is -2.22. The first-order valence-corrected chi connectivity index (χ1v) is 8.72. The van der Waals surface area contributed by atoms with Gasteiger partial charge in [0.2, 0.25) is 0 Å². The van der Waals surface area contributed by atoms with Crippen molar-refractivity contribution >= 4 is 11.6 Å². The van der Waals surface area contributed by atoms with Crippen LogP contribution in [0.3, 0.4) is 0 Å². The van der Waals surface area contributed by atoms with Crippen molar-refractivity contribution in [2.45, 2.75) is 19.8 Å². The van der Waals surface area contributed by atoms with Crippen LogP contribution in [0.15, 0.2) is 47.5 Å². The van der Waals surface area contributed by atoms with Gasteiger partial charge in [0.05, 0.1) is 7.11 Å². The lowest BCUT2D eigenvalue weighted by atomic mass is 10.1. The number of methoxy groups -OCH3 is 1. The molecule has 0 atom stereocenters. The fourth-order valence-electron chi connectivity index (χ4n) is 3.12. The molecular formula is C20H25N3O2. The molecule has 0 unspecified atom stereocenters. The number of anilines is 1. The van der Waals surface area contributed by atoms with Gasteiger partial charge in [-0.05, 0) is 43.0 Å². The van der Waals surface area contributed by atoms with Crippen molar-refractivity contribution in [2.24, 2.45) is 4.99 Å². The number of hydrogen-bond donors (Lipinski definition) is 2. The van der Waals surface area contributed by atoms with E-state index in [2.05, 4.69) is 41.4 Å². The second kappa shape index (κ2) is 7.92. The van der Waals surface area contributed by atoms with Crippen molar-refractivity contribution in [2.75, 3.05) is 31.6 Å². The van der Waals surface area contributed by atoms with E-state index in [1.165, 1.54) is 11.3 Å². The minimum Gasteiger partial charge on any atom is -0.508 e. The molecule has 0 saturated carbocycles. The molecule has 0 radical (unpaired) electrons. The molecule has 1 heterocycles. The number of guanidine groups is 1. The van der Waals surface area contributed by atoms with Crippen molar-refractivity contribution in [1.82, 2.24) is 5.32 Å². The molecule has 0 saturated heterocycles. The Bertz CT molecular complexity index is 758. The van der Waals surface area contributed by atoms with E-state index < -0.39 is 0 Å². The van der Waals surface area contributed by atoms with E-state index in [0.29, 0.717) is 18.7 Å². The molecule has 0 spiro atoms. The number of nitrogens with zero attached hydrogens (tertiary/aromatic N) is 2. The number of phenolic OH excluding ortho intramolecular Hbond substituents is 1. The maximum Gasteiger partial charge on any atom is 0.198 e. The third kappa shape index (κ3) is 3.87. The second-order valence-electron chi connectivity index (χ2n) is 6.01. The standard InChI is InChI=1S/C20H25N3O2/c1-3-21-20(23-13-11-15-6-4-5-7-18(15)23)22-12-10-16-8-9-17(25-2)14-19(16)24/h4-9,14,24H,3,10-13H2,1-2H3,(H,21,22). The van der Waals surface area contributed by atoms with Gasteiger partial charge in [-0.15, -0.1) is 0 Å². The van der Waals surface area contributed by atoms with E-state index in [4.69, 9.17) is 9.73 Å². The highest BCUT2D eigenvalue weighted by Gasteiger charge is 2.22. The number of hydrogen-bond acceptors (Lipinski definition) is 3. The van der Waals surface area contributed by atoms with Crippen molar-refractivity contribution < 1.29 is 9.84 Å². The third-order valence-corrected chi connectivity index (χ3v) is 4.41. The van der Waals surface area contributed by atoms with Gasteiger partial charge in [0.15, 0.2) is 5.96 Å². The van der Waals surface area contributed by atoms with Crippen LogP contribution in [0.2, 0.25) is 0 Å². The number of benzene rings is 2. The highest BCUT2D eigenvalue weighted by molar-refractivity contribution is 5.97. The number of ether oxygens (including phenoxy) is 1. The number of phenols is 1. The number of aromatic hydroxyl groups is 1. The number of aliphatic imine (C=N–C) groups is 1. The Morgan fingerprint density at radius 1 is 1.28 bits per heavy atom. The van der Waals surface area contributed by atoms with E-state index in [9.17, 15) is 5.11 Å². The smallest absolute Gasteiger partial charge is 0.198 e. The molecule has 0 bridgehead atoms. The summed E-state index contributed by atoms with van der Waals surface area (Å²) in [5.74, 6) is 1.82. The fraction of sp³-hybridized carbons (Fsp3) is 0.350. The van der Waals surface area contributed by atoms with E-state index >= 15 is 0 Å². The summed E-state index contributed by atoms with van der Waals surface area (Å²) in [4.78, 5) is 7.01. The second-order valence-corrected chi connectivity index (χ2v) is 6.01. The van der Waals surface area contributed by atoms with E-state index in [0.717, 1.165) is 31.0 Å². The van der Waals surface area contributed by atoms with Gasteiger partial charge in [0.25, 0.3) is 0 Å². The van der Waals surface area contributed by atoms with Crippen LogP contribution in [0.1, 0.15) is 18.1 Å². The molecule has 2 aromatic rings. The Morgan fingerprint density at radius 2 is 2.12 bits per heavy atom. The molecule has 0 aliphatic carbocycles. The summed E-state index contributed by atoms with van der Waals surface area (Å²) in [6.45, 7) is 4.46. The van der Waals surface area contributed by atoms with E-state index in [1.54, 1.807) is 13.2 Å². The maximum atomic E-state index is 10.1. The fourth-order valence-corrected chi connectivity index (χ4v) is 3.12. The summed E-state index contributed by atoms with van der Waals surface area (Å²) >= 11 is 0. The molecule has 1 aliphatic rings. The van der Waals surface area contributed by atoms with Crippen molar-refractivity contribution in [3.63, 3.8) is 0 Å². The van der Waals surface area contributed by atoms with Crippen LogP contribution in [0.4, 0.5) is 5.69 Å². The van der Waals surface area contributed by atoms with Gasteiger partial charge in [-0.2, -0.15) is 0 Å². The average molecular weight is 339 g/mol. The Labute approximate surface area is 149 Å². The first-order valence-electron chi connectivity index (χ1n) is 8.72. The Balaban J connectivity index is 1.71. The van der Waals surface area contributed by atoms with Crippen molar-refractivity contribution in [3.05, 3.63) is 53.6 Å². The van der Waals surface area contributed by atoms with Gasteiger partial charge < -0.3 is 20.1 Å². The molecule has 132 valence electrons. The summed E-state index contributed by atoms with van der Waals surface area (Å²) in [6, 6.07) is 13.9. The molecule has 0 aromatic heterocycles. The molecule has 5 heteroatoms. The van der Waals surface area contributed by atoms with Gasteiger partial charge in [0.1, 0.15) is 11.5 Å². The molecule has 1 aliphatic heterocycles. The molecule has 3 rings (SSSR count). The molecular weight excluding hydrogens is 314 g/mol. The molecule has 2 aromatic carbocycles. The molecule has 25 heavy (non-hydrogen) atoms. The topological polar surface area (TPSA) is 57.1 Å². The van der Waals surface area contributed by atoms with Gasteiger partial charge in [0, 0.05) is 31.4 Å². The molecule has 2 N–H and O–H groups in total. The minimum absolute atomic E-state index is 0.256. The summed E-state index contributed by atoms with van der Waals surface area (Å²) < 4.78 is 5.12. The van der Waals surface area contributed by atoms with E-state index in [-0.39, 0.29) is 5.75 Å². The van der Waals surface area contributed by atoms with Crippen LogP contribution in [0.5, 0.6) is 11.5 Å². The SMILES string of the molecule is CCNC(=NCCc1ccc(OC)cc1O)N1CCc2ccccc21. The van der Waals surface area contributed by atoms with Crippen LogP contribution in [-0.2, 0) is 12.8 Å².